The number of halogens is 2. The van der Waals surface area contributed by atoms with Crippen LogP contribution in [0.1, 0.15) is 0 Å². The van der Waals surface area contributed by atoms with Crippen LogP contribution in [0.25, 0.3) is 0 Å². The molecule has 0 unspecified atom stereocenters. The summed E-state index contributed by atoms with van der Waals surface area (Å²) in [5, 5.41) is 0. The molecule has 0 atom stereocenters. The van der Waals surface area contributed by atoms with Gasteiger partial charge in [0.05, 0.1) is 0 Å². The molecule has 0 aliphatic rings. The Morgan fingerprint density at radius 2 is 0.600 bits per heavy atom. The van der Waals surface area contributed by atoms with Crippen molar-refractivity contribution < 1.29 is 28.0 Å². The van der Waals surface area contributed by atoms with Crippen LogP contribution in [-0.2, 0) is 17.1 Å². The molecule has 0 heterocycles. The first-order valence-electron chi connectivity index (χ1n) is 0. The minimum Gasteiger partial charge on any atom is -0.412 e. The van der Waals surface area contributed by atoms with Crippen LogP contribution in [0.2, 0.25) is 0 Å². The Hall–Kier alpha value is 1.02. The van der Waals surface area contributed by atoms with Crippen LogP contribution in [0, 0.1) is 0 Å². The third-order valence-corrected chi connectivity index (χ3v) is 0. The van der Waals surface area contributed by atoms with Crippen LogP contribution >= 0.6 is 24.8 Å². The summed E-state index contributed by atoms with van der Waals surface area (Å²) in [6, 6.07) is 0. The Labute approximate surface area is 53.2 Å². The first-order chi connectivity index (χ1) is 0. The molecule has 5 heteroatoms. The zero-order valence-electron chi connectivity index (χ0n) is 2.17. The van der Waals surface area contributed by atoms with Crippen LogP contribution in [0.15, 0.2) is 0 Å². The van der Waals surface area contributed by atoms with E-state index in [1.807, 2.05) is 0 Å². The fraction of sp³-hybridized carbons (Fsp3) is 0. The summed E-state index contributed by atoms with van der Waals surface area (Å²) >= 11 is 0. The molecule has 0 radical (unpaired) electrons. The van der Waals surface area contributed by atoms with Gasteiger partial charge in [0, 0.05) is 17.1 Å². The molecule has 0 bridgehead atoms. The minimum atomic E-state index is 0. The monoisotopic (exact) mass is 164 g/mol. The summed E-state index contributed by atoms with van der Waals surface area (Å²) in [6.07, 6.45) is 0. The fourth-order valence-electron chi connectivity index (χ4n) is 0. The molecule has 0 aliphatic carbocycles. The molecule has 0 aromatic rings. The molecule has 0 aliphatic heterocycles. The van der Waals surface area contributed by atoms with E-state index in [1.54, 1.807) is 0 Å². The molecule has 0 aromatic carbocycles. The Morgan fingerprint density at radius 1 is 0.600 bits per heavy atom. The third-order valence-electron chi connectivity index (χ3n) is 0. The fourth-order valence-corrected chi connectivity index (χ4v) is 0. The Bertz CT molecular complexity index is 7.61. The van der Waals surface area contributed by atoms with Crippen molar-refractivity contribution in [3.8, 4) is 0 Å². The SMILES string of the molecule is Cl.Cl.O.O.[Fe]. The van der Waals surface area contributed by atoms with Gasteiger partial charge in [-0.05, 0) is 0 Å². The van der Waals surface area contributed by atoms with Crippen LogP contribution in [0.3, 0.4) is 0 Å². The number of hydrogen-bond donors (Lipinski definition) is 0. The Balaban J connectivity index is 0. The molecular weight excluding hydrogens is 159 g/mol. The molecule has 4 N–H and O–H groups in total. The second kappa shape index (κ2) is 78.0. The Morgan fingerprint density at radius 3 is 0.600 bits per heavy atom. The summed E-state index contributed by atoms with van der Waals surface area (Å²) in [5.41, 5.74) is 0. The zero-order valence-corrected chi connectivity index (χ0v) is 4.91. The van der Waals surface area contributed by atoms with Crippen molar-refractivity contribution in [2.45, 2.75) is 0 Å². The van der Waals surface area contributed by atoms with Gasteiger partial charge in [0.1, 0.15) is 0 Å². The van der Waals surface area contributed by atoms with E-state index in [0.717, 1.165) is 0 Å². The van der Waals surface area contributed by atoms with Gasteiger partial charge in [0.15, 0.2) is 0 Å². The molecule has 0 saturated carbocycles. The molecule has 0 rings (SSSR count). The van der Waals surface area contributed by atoms with Gasteiger partial charge in [0.2, 0.25) is 0 Å². The first-order valence-corrected chi connectivity index (χ1v) is 0. The second-order valence-electron chi connectivity index (χ2n) is 0. The maximum Gasteiger partial charge on any atom is 0 e. The Kier molecular flexibility index (Phi) is 2280. The third kappa shape index (κ3) is 44.0. The van der Waals surface area contributed by atoms with Crippen molar-refractivity contribution in [3.63, 3.8) is 0 Å². The summed E-state index contributed by atoms with van der Waals surface area (Å²) in [4.78, 5) is 0. The van der Waals surface area contributed by atoms with Gasteiger partial charge in [-0.2, -0.15) is 0 Å². The predicted octanol–water partition coefficient (Wildman–Crippen LogP) is -0.808. The van der Waals surface area contributed by atoms with Crippen molar-refractivity contribution in [2.75, 3.05) is 0 Å². The predicted molar refractivity (Wildman–Crippen MR) is 21.7 cm³/mol. The number of rotatable bonds is 0. The van der Waals surface area contributed by atoms with Gasteiger partial charge in [-0.25, -0.2) is 0 Å². The average Bonchev–Trinajstić information content (AvgIpc) is 0. The van der Waals surface area contributed by atoms with Gasteiger partial charge in [-0.3, -0.25) is 0 Å². The molecule has 0 amide bonds. The summed E-state index contributed by atoms with van der Waals surface area (Å²) in [5.74, 6) is 0. The molecule has 2 nitrogen and oxygen atoms in total. The topological polar surface area (TPSA) is 63.0 Å². The van der Waals surface area contributed by atoms with Crippen LogP contribution in [-0.4, -0.2) is 11.0 Å². The number of hydrogen-bond acceptors (Lipinski definition) is 0. The maximum absolute atomic E-state index is 0. The molecule has 0 spiro atoms. The summed E-state index contributed by atoms with van der Waals surface area (Å²) in [6.45, 7) is 0. The van der Waals surface area contributed by atoms with E-state index in [-0.39, 0.29) is 52.8 Å². The van der Waals surface area contributed by atoms with E-state index >= 15 is 0 Å². The average molecular weight is 165 g/mol. The van der Waals surface area contributed by atoms with Crippen molar-refractivity contribution in [1.29, 1.82) is 0 Å². The van der Waals surface area contributed by atoms with E-state index in [0.29, 0.717) is 0 Å². The maximum atomic E-state index is 0. The molecule has 40 valence electrons. The standard InChI is InChI=1S/2ClH.Fe.2H2O/h2*1H;;2*1H2. The van der Waals surface area contributed by atoms with Crippen LogP contribution in [0.4, 0.5) is 0 Å². The van der Waals surface area contributed by atoms with E-state index in [9.17, 15) is 0 Å². The summed E-state index contributed by atoms with van der Waals surface area (Å²) in [7, 11) is 0. The van der Waals surface area contributed by atoms with Gasteiger partial charge < -0.3 is 11.0 Å². The quantitative estimate of drug-likeness (QED) is 0.421. The molecular formula is H6Cl2FeO2. The van der Waals surface area contributed by atoms with Crippen molar-refractivity contribution in [1.82, 2.24) is 0 Å². The van der Waals surface area contributed by atoms with Gasteiger partial charge >= 0.3 is 0 Å². The van der Waals surface area contributed by atoms with Crippen molar-refractivity contribution >= 4 is 24.8 Å². The summed E-state index contributed by atoms with van der Waals surface area (Å²) < 4.78 is 0. The second-order valence-corrected chi connectivity index (χ2v) is 0. The van der Waals surface area contributed by atoms with E-state index < -0.39 is 0 Å². The largest absolute Gasteiger partial charge is 0.412 e. The smallest absolute Gasteiger partial charge is 0 e. The minimum absolute atomic E-state index is 0. The van der Waals surface area contributed by atoms with Crippen molar-refractivity contribution in [2.24, 2.45) is 0 Å². The molecule has 0 saturated heterocycles. The van der Waals surface area contributed by atoms with Gasteiger partial charge in [0.25, 0.3) is 0 Å². The molecule has 0 aromatic heterocycles. The van der Waals surface area contributed by atoms with Gasteiger partial charge in [-0.1, -0.05) is 0 Å². The molecule has 5 heavy (non-hydrogen) atoms. The van der Waals surface area contributed by atoms with Crippen LogP contribution < -0.4 is 0 Å². The molecule has 0 fully saturated rings. The zero-order chi connectivity index (χ0) is 0. The first kappa shape index (κ1) is 146. The normalized spacial score (nSPS) is 0. The van der Waals surface area contributed by atoms with Gasteiger partial charge in [-0.15, -0.1) is 24.8 Å². The van der Waals surface area contributed by atoms with E-state index in [2.05, 4.69) is 0 Å². The van der Waals surface area contributed by atoms with E-state index in [4.69, 9.17) is 0 Å². The van der Waals surface area contributed by atoms with Crippen molar-refractivity contribution in [3.05, 3.63) is 0 Å². The van der Waals surface area contributed by atoms with Crippen LogP contribution in [0.5, 0.6) is 0 Å². The van der Waals surface area contributed by atoms with E-state index in [1.165, 1.54) is 0 Å².